The van der Waals surface area contributed by atoms with Crippen molar-refractivity contribution >= 4 is 27.6 Å². The van der Waals surface area contributed by atoms with Crippen LogP contribution in [0.2, 0.25) is 0 Å². The lowest BCUT2D eigenvalue weighted by Crippen LogP contribution is -2.31. The summed E-state index contributed by atoms with van der Waals surface area (Å²) in [6.45, 7) is 4.60. The van der Waals surface area contributed by atoms with Crippen molar-refractivity contribution in [2.75, 3.05) is 18.9 Å². The fraction of sp³-hybridized carbons (Fsp3) is 0.364. The quantitative estimate of drug-likeness (QED) is 0.879. The van der Waals surface area contributed by atoms with Crippen LogP contribution in [0.4, 0.5) is 10.5 Å². The first-order chi connectivity index (χ1) is 7.04. The predicted molar refractivity (Wildman–Crippen MR) is 66.2 cm³/mol. The molecule has 15 heavy (non-hydrogen) atoms. The minimum atomic E-state index is -0.0845. The number of benzene rings is 1. The highest BCUT2D eigenvalue weighted by Crippen LogP contribution is 2.20. The molecule has 0 radical (unpaired) electrons. The standard InChI is InChI=1S/C11H15BrN2O/c1-4-14(3)11(15)13-10-7-9(12)6-5-8(10)2/h5-7H,4H2,1-3H3,(H,13,15). The van der Waals surface area contributed by atoms with Crippen LogP contribution in [0.1, 0.15) is 12.5 Å². The molecule has 82 valence electrons. The lowest BCUT2D eigenvalue weighted by molar-refractivity contribution is 0.224. The van der Waals surface area contributed by atoms with Gasteiger partial charge in [-0.15, -0.1) is 0 Å². The Balaban J connectivity index is 2.80. The monoisotopic (exact) mass is 270 g/mol. The summed E-state index contributed by atoms with van der Waals surface area (Å²) in [6, 6.07) is 5.73. The zero-order valence-electron chi connectivity index (χ0n) is 9.17. The lowest BCUT2D eigenvalue weighted by atomic mass is 10.2. The van der Waals surface area contributed by atoms with Gasteiger partial charge in [0.2, 0.25) is 0 Å². The van der Waals surface area contributed by atoms with Gasteiger partial charge in [-0.2, -0.15) is 0 Å². The molecule has 0 spiro atoms. The van der Waals surface area contributed by atoms with Crippen molar-refractivity contribution in [2.24, 2.45) is 0 Å². The average Bonchev–Trinajstić information content (AvgIpc) is 2.22. The number of nitrogens with zero attached hydrogens (tertiary/aromatic N) is 1. The Morgan fingerprint density at radius 3 is 2.80 bits per heavy atom. The summed E-state index contributed by atoms with van der Waals surface area (Å²) in [7, 11) is 1.77. The van der Waals surface area contributed by atoms with Crippen LogP contribution in [0.25, 0.3) is 0 Å². The van der Waals surface area contributed by atoms with Crippen LogP contribution in [-0.2, 0) is 0 Å². The number of nitrogens with one attached hydrogen (secondary N) is 1. The number of hydrogen-bond acceptors (Lipinski definition) is 1. The van der Waals surface area contributed by atoms with Crippen LogP contribution in [0.15, 0.2) is 22.7 Å². The maximum Gasteiger partial charge on any atom is 0.321 e. The molecule has 1 aromatic rings. The molecule has 1 aromatic carbocycles. The zero-order chi connectivity index (χ0) is 11.4. The van der Waals surface area contributed by atoms with E-state index in [2.05, 4.69) is 21.2 Å². The SMILES string of the molecule is CCN(C)C(=O)Nc1cc(Br)ccc1C. The number of amides is 2. The van der Waals surface area contributed by atoms with Crippen LogP contribution in [0.3, 0.4) is 0 Å². The van der Waals surface area contributed by atoms with Gasteiger partial charge >= 0.3 is 6.03 Å². The van der Waals surface area contributed by atoms with Crippen molar-refractivity contribution in [1.29, 1.82) is 0 Å². The van der Waals surface area contributed by atoms with Crippen molar-refractivity contribution in [2.45, 2.75) is 13.8 Å². The summed E-state index contributed by atoms with van der Waals surface area (Å²) in [4.78, 5) is 13.2. The predicted octanol–water partition coefficient (Wildman–Crippen LogP) is 3.24. The minimum Gasteiger partial charge on any atom is -0.328 e. The fourth-order valence-electron chi connectivity index (χ4n) is 1.08. The van der Waals surface area contributed by atoms with Crippen LogP contribution >= 0.6 is 15.9 Å². The highest BCUT2D eigenvalue weighted by atomic mass is 79.9. The van der Waals surface area contributed by atoms with Crippen LogP contribution in [0.5, 0.6) is 0 Å². The summed E-state index contributed by atoms with van der Waals surface area (Å²) in [5.41, 5.74) is 1.89. The molecule has 0 aliphatic heterocycles. The molecule has 0 fully saturated rings. The second-order valence-electron chi connectivity index (χ2n) is 3.40. The normalized spacial score (nSPS) is 9.87. The molecule has 0 saturated heterocycles. The van der Waals surface area contributed by atoms with Crippen LogP contribution in [-0.4, -0.2) is 24.5 Å². The average molecular weight is 271 g/mol. The first kappa shape index (κ1) is 12.0. The van der Waals surface area contributed by atoms with E-state index in [1.165, 1.54) is 0 Å². The first-order valence-corrected chi connectivity index (χ1v) is 5.62. The Morgan fingerprint density at radius 1 is 1.53 bits per heavy atom. The topological polar surface area (TPSA) is 32.3 Å². The Bertz CT molecular complexity index is 366. The van der Waals surface area contributed by atoms with E-state index in [1.807, 2.05) is 32.0 Å². The van der Waals surface area contributed by atoms with Gasteiger partial charge in [0.25, 0.3) is 0 Å². The molecule has 0 bridgehead atoms. The molecule has 0 aliphatic rings. The second-order valence-corrected chi connectivity index (χ2v) is 4.32. The van der Waals surface area contributed by atoms with Crippen molar-refractivity contribution in [3.8, 4) is 0 Å². The van der Waals surface area contributed by atoms with Gasteiger partial charge in [-0.05, 0) is 31.5 Å². The summed E-state index contributed by atoms with van der Waals surface area (Å²) in [5, 5.41) is 2.86. The number of carbonyl (C=O) groups excluding carboxylic acids is 1. The molecule has 0 heterocycles. The van der Waals surface area contributed by atoms with Crippen molar-refractivity contribution < 1.29 is 4.79 Å². The fourth-order valence-corrected chi connectivity index (χ4v) is 1.44. The molecule has 4 heteroatoms. The lowest BCUT2D eigenvalue weighted by Gasteiger charge is -2.16. The van der Waals surface area contributed by atoms with Crippen LogP contribution in [0, 0.1) is 6.92 Å². The Hall–Kier alpha value is -1.03. The van der Waals surface area contributed by atoms with E-state index in [-0.39, 0.29) is 6.03 Å². The molecule has 1 N–H and O–H groups in total. The van der Waals surface area contributed by atoms with Crippen LogP contribution < -0.4 is 5.32 Å². The Kier molecular flexibility index (Phi) is 4.15. The van der Waals surface area contributed by atoms with E-state index in [9.17, 15) is 4.79 Å². The number of anilines is 1. The number of urea groups is 1. The maximum absolute atomic E-state index is 11.6. The number of carbonyl (C=O) groups is 1. The van der Waals surface area contributed by atoms with E-state index in [0.717, 1.165) is 15.7 Å². The van der Waals surface area contributed by atoms with Gasteiger partial charge in [-0.3, -0.25) is 0 Å². The molecule has 1 rings (SSSR count). The van der Waals surface area contributed by atoms with E-state index in [4.69, 9.17) is 0 Å². The molecule has 0 atom stereocenters. The first-order valence-electron chi connectivity index (χ1n) is 4.83. The van der Waals surface area contributed by atoms with Crippen molar-refractivity contribution in [3.05, 3.63) is 28.2 Å². The van der Waals surface area contributed by atoms with Gasteiger partial charge < -0.3 is 10.2 Å². The second kappa shape index (κ2) is 5.16. The molecule has 0 aliphatic carbocycles. The summed E-state index contributed by atoms with van der Waals surface area (Å²) >= 11 is 3.38. The van der Waals surface area contributed by atoms with Crippen molar-refractivity contribution in [3.63, 3.8) is 0 Å². The zero-order valence-corrected chi connectivity index (χ0v) is 10.8. The maximum atomic E-state index is 11.6. The van der Waals surface area contributed by atoms with E-state index in [1.54, 1.807) is 11.9 Å². The molecular weight excluding hydrogens is 256 g/mol. The smallest absolute Gasteiger partial charge is 0.321 e. The number of rotatable bonds is 2. The van der Waals surface area contributed by atoms with E-state index in [0.29, 0.717) is 6.54 Å². The minimum absolute atomic E-state index is 0.0845. The third-order valence-corrected chi connectivity index (χ3v) is 2.76. The molecule has 0 unspecified atom stereocenters. The molecule has 2 amide bonds. The molecule has 0 saturated carbocycles. The molecule has 0 aromatic heterocycles. The summed E-state index contributed by atoms with van der Waals surface area (Å²) < 4.78 is 0.961. The Morgan fingerprint density at radius 2 is 2.20 bits per heavy atom. The third-order valence-electron chi connectivity index (χ3n) is 2.26. The highest BCUT2D eigenvalue weighted by Gasteiger charge is 2.08. The largest absolute Gasteiger partial charge is 0.328 e. The number of hydrogen-bond donors (Lipinski definition) is 1. The van der Waals surface area contributed by atoms with E-state index < -0.39 is 0 Å². The van der Waals surface area contributed by atoms with E-state index >= 15 is 0 Å². The van der Waals surface area contributed by atoms with Gasteiger partial charge in [0, 0.05) is 23.8 Å². The van der Waals surface area contributed by atoms with Gasteiger partial charge in [-0.1, -0.05) is 22.0 Å². The summed E-state index contributed by atoms with van der Waals surface area (Å²) in [6.07, 6.45) is 0. The highest BCUT2D eigenvalue weighted by molar-refractivity contribution is 9.10. The van der Waals surface area contributed by atoms with Gasteiger partial charge in [0.1, 0.15) is 0 Å². The van der Waals surface area contributed by atoms with Crippen molar-refractivity contribution in [1.82, 2.24) is 4.90 Å². The molecule has 3 nitrogen and oxygen atoms in total. The third kappa shape index (κ3) is 3.23. The summed E-state index contributed by atoms with van der Waals surface area (Å²) in [5.74, 6) is 0. The number of halogens is 1. The van der Waals surface area contributed by atoms with Gasteiger partial charge in [0.05, 0.1) is 0 Å². The van der Waals surface area contributed by atoms with Gasteiger partial charge in [-0.25, -0.2) is 4.79 Å². The van der Waals surface area contributed by atoms with Gasteiger partial charge in [0.15, 0.2) is 0 Å². The Labute approximate surface area is 98.6 Å². The molecular formula is C11H15BrN2O. The number of aryl methyl sites for hydroxylation is 1.